The van der Waals surface area contributed by atoms with E-state index >= 15 is 0 Å². The van der Waals surface area contributed by atoms with E-state index in [0.717, 1.165) is 29.4 Å². The van der Waals surface area contributed by atoms with Crippen LogP contribution < -0.4 is 0 Å². The lowest BCUT2D eigenvalue weighted by molar-refractivity contribution is -0.107. The van der Waals surface area contributed by atoms with Gasteiger partial charge >= 0.3 is 0 Å². The summed E-state index contributed by atoms with van der Waals surface area (Å²) in [5, 5.41) is 0. The van der Waals surface area contributed by atoms with E-state index in [9.17, 15) is 4.79 Å². The summed E-state index contributed by atoms with van der Waals surface area (Å²) in [6.45, 7) is 0. The zero-order valence-electron chi connectivity index (χ0n) is 6.05. The van der Waals surface area contributed by atoms with Gasteiger partial charge in [-0.15, -0.1) is 0 Å². The lowest BCUT2D eigenvalue weighted by Gasteiger charge is -1.89. The molecule has 0 unspecified atom stereocenters. The highest BCUT2D eigenvalue weighted by Crippen LogP contribution is 2.15. The maximum atomic E-state index is 9.97. The van der Waals surface area contributed by atoms with E-state index in [-0.39, 0.29) is 0 Å². The number of hydrogen-bond acceptors (Lipinski definition) is 2. The molecule has 0 aliphatic carbocycles. The van der Waals surface area contributed by atoms with Gasteiger partial charge < -0.3 is 9.21 Å². The van der Waals surface area contributed by atoms with Crippen LogP contribution in [0.2, 0.25) is 0 Å². The molecule has 60 valence electrons. The van der Waals surface area contributed by atoms with Crippen LogP contribution in [-0.2, 0) is 11.2 Å². The van der Waals surface area contributed by atoms with E-state index in [1.165, 1.54) is 0 Å². The van der Waals surface area contributed by atoms with Crippen molar-refractivity contribution in [3.05, 3.63) is 22.6 Å². The number of aldehydes is 1. The first-order chi connectivity index (χ1) is 5.33. The molecule has 11 heavy (non-hydrogen) atoms. The highest BCUT2D eigenvalue weighted by molar-refractivity contribution is 9.10. The van der Waals surface area contributed by atoms with Crippen LogP contribution in [0.3, 0.4) is 0 Å². The molecule has 0 N–H and O–H groups in total. The summed E-state index contributed by atoms with van der Waals surface area (Å²) < 4.78 is 5.77. The first-order valence-electron chi connectivity index (χ1n) is 3.49. The number of halogens is 1. The molecule has 1 aromatic heterocycles. The number of furan rings is 1. The number of rotatable bonds is 4. The molecular weight excluding hydrogens is 208 g/mol. The monoisotopic (exact) mass is 216 g/mol. The standard InChI is InChI=1S/C8H9BrO2/c9-8-5-7(6-11-8)3-1-2-4-10/h4-6H,1-3H2. The summed E-state index contributed by atoms with van der Waals surface area (Å²) in [5.41, 5.74) is 1.14. The molecule has 0 fully saturated rings. The van der Waals surface area contributed by atoms with Crippen molar-refractivity contribution < 1.29 is 9.21 Å². The lowest BCUT2D eigenvalue weighted by Crippen LogP contribution is -1.82. The molecule has 1 rings (SSSR count). The maximum absolute atomic E-state index is 9.97. The highest BCUT2D eigenvalue weighted by atomic mass is 79.9. The van der Waals surface area contributed by atoms with Crippen LogP contribution in [-0.4, -0.2) is 6.29 Å². The van der Waals surface area contributed by atoms with E-state index in [1.807, 2.05) is 6.07 Å². The minimum Gasteiger partial charge on any atom is -0.457 e. The molecule has 0 aromatic carbocycles. The zero-order valence-corrected chi connectivity index (χ0v) is 7.63. The van der Waals surface area contributed by atoms with Gasteiger partial charge in [0.2, 0.25) is 0 Å². The van der Waals surface area contributed by atoms with E-state index in [0.29, 0.717) is 6.42 Å². The molecule has 3 heteroatoms. The first kappa shape index (κ1) is 8.53. The van der Waals surface area contributed by atoms with E-state index in [1.54, 1.807) is 6.26 Å². The van der Waals surface area contributed by atoms with E-state index in [4.69, 9.17) is 4.42 Å². The van der Waals surface area contributed by atoms with Crippen molar-refractivity contribution in [2.75, 3.05) is 0 Å². The second-order valence-electron chi connectivity index (χ2n) is 2.32. The molecular formula is C8H9BrO2. The van der Waals surface area contributed by atoms with Gasteiger partial charge in [-0.1, -0.05) is 0 Å². The number of hydrogen-bond donors (Lipinski definition) is 0. The third kappa shape index (κ3) is 2.89. The zero-order chi connectivity index (χ0) is 8.10. The Bertz CT molecular complexity index is 230. The predicted molar refractivity (Wildman–Crippen MR) is 45.4 cm³/mol. The van der Waals surface area contributed by atoms with Crippen LogP contribution in [0, 0.1) is 0 Å². The van der Waals surface area contributed by atoms with Gasteiger partial charge in [-0.25, -0.2) is 0 Å². The van der Waals surface area contributed by atoms with Gasteiger partial charge in [-0.3, -0.25) is 0 Å². The van der Waals surface area contributed by atoms with Crippen molar-refractivity contribution in [1.82, 2.24) is 0 Å². The van der Waals surface area contributed by atoms with Crippen LogP contribution >= 0.6 is 15.9 Å². The molecule has 0 saturated carbocycles. The molecule has 0 atom stereocenters. The van der Waals surface area contributed by atoms with Gasteiger partial charge in [-0.2, -0.15) is 0 Å². The molecule has 0 aliphatic heterocycles. The van der Waals surface area contributed by atoms with Crippen molar-refractivity contribution in [2.24, 2.45) is 0 Å². The summed E-state index contributed by atoms with van der Waals surface area (Å²) in [6, 6.07) is 1.92. The molecule has 0 radical (unpaired) electrons. The summed E-state index contributed by atoms with van der Waals surface area (Å²) >= 11 is 3.20. The Morgan fingerprint density at radius 3 is 3.00 bits per heavy atom. The largest absolute Gasteiger partial charge is 0.457 e. The van der Waals surface area contributed by atoms with Crippen LogP contribution in [0.25, 0.3) is 0 Å². The molecule has 1 aromatic rings. The third-order valence-corrected chi connectivity index (χ3v) is 1.83. The Balaban J connectivity index is 2.32. The Morgan fingerprint density at radius 1 is 1.64 bits per heavy atom. The molecule has 0 saturated heterocycles. The fraction of sp³-hybridized carbons (Fsp3) is 0.375. The molecule has 0 bridgehead atoms. The SMILES string of the molecule is O=CCCCc1coc(Br)c1. The fourth-order valence-corrected chi connectivity index (χ4v) is 1.25. The first-order valence-corrected chi connectivity index (χ1v) is 4.29. The second-order valence-corrected chi connectivity index (χ2v) is 3.10. The van der Waals surface area contributed by atoms with Gasteiger partial charge in [-0.05, 0) is 40.4 Å². The Hall–Kier alpha value is -0.570. The van der Waals surface area contributed by atoms with Crippen molar-refractivity contribution in [3.63, 3.8) is 0 Å². The van der Waals surface area contributed by atoms with Crippen LogP contribution in [0.15, 0.2) is 21.4 Å². The average Bonchev–Trinajstić information content (AvgIpc) is 2.37. The Kier molecular flexibility index (Phi) is 3.36. The van der Waals surface area contributed by atoms with Gasteiger partial charge in [0.1, 0.15) is 6.29 Å². The predicted octanol–water partition coefficient (Wildman–Crippen LogP) is 2.56. The number of carbonyl (C=O) groups is 1. The van der Waals surface area contributed by atoms with E-state index < -0.39 is 0 Å². The van der Waals surface area contributed by atoms with Crippen molar-refractivity contribution in [2.45, 2.75) is 19.3 Å². The van der Waals surface area contributed by atoms with Gasteiger partial charge in [0, 0.05) is 6.42 Å². The highest BCUT2D eigenvalue weighted by Gasteiger charge is 1.97. The number of carbonyl (C=O) groups excluding carboxylic acids is 1. The van der Waals surface area contributed by atoms with Crippen LogP contribution in [0.1, 0.15) is 18.4 Å². The van der Waals surface area contributed by atoms with Gasteiger partial charge in [0.15, 0.2) is 4.67 Å². The molecule has 0 amide bonds. The maximum Gasteiger partial charge on any atom is 0.169 e. The Labute approximate surface area is 73.7 Å². The van der Waals surface area contributed by atoms with Gasteiger partial charge in [0.25, 0.3) is 0 Å². The quantitative estimate of drug-likeness (QED) is 0.573. The summed E-state index contributed by atoms with van der Waals surface area (Å²) in [7, 11) is 0. The minimum absolute atomic E-state index is 0.628. The van der Waals surface area contributed by atoms with Gasteiger partial charge in [0.05, 0.1) is 6.26 Å². The third-order valence-electron chi connectivity index (χ3n) is 1.41. The van der Waals surface area contributed by atoms with Crippen LogP contribution in [0.5, 0.6) is 0 Å². The van der Waals surface area contributed by atoms with E-state index in [2.05, 4.69) is 15.9 Å². The summed E-state index contributed by atoms with van der Waals surface area (Å²) in [5.74, 6) is 0. The van der Waals surface area contributed by atoms with Crippen molar-refractivity contribution in [3.8, 4) is 0 Å². The topological polar surface area (TPSA) is 30.2 Å². The summed E-state index contributed by atoms with van der Waals surface area (Å²) in [4.78, 5) is 9.97. The Morgan fingerprint density at radius 2 is 2.45 bits per heavy atom. The fourth-order valence-electron chi connectivity index (χ4n) is 0.866. The smallest absolute Gasteiger partial charge is 0.169 e. The minimum atomic E-state index is 0.628. The lowest BCUT2D eigenvalue weighted by atomic mass is 10.1. The second kappa shape index (κ2) is 4.34. The van der Waals surface area contributed by atoms with Crippen LogP contribution in [0.4, 0.5) is 0 Å². The molecule has 2 nitrogen and oxygen atoms in total. The number of aryl methyl sites for hydroxylation is 1. The number of unbranched alkanes of at least 4 members (excludes halogenated alkanes) is 1. The average molecular weight is 217 g/mol. The molecule has 1 heterocycles. The normalized spacial score (nSPS) is 9.91. The molecule has 0 spiro atoms. The van der Waals surface area contributed by atoms with Crippen molar-refractivity contribution in [1.29, 1.82) is 0 Å². The molecule has 0 aliphatic rings. The summed E-state index contributed by atoms with van der Waals surface area (Å²) in [6.07, 6.45) is 5.08. The van der Waals surface area contributed by atoms with Crippen molar-refractivity contribution >= 4 is 22.2 Å².